The Bertz CT molecular complexity index is 645. The number of carbonyl (C=O) groups excluding carboxylic acids is 1. The first-order chi connectivity index (χ1) is 9.40. The van der Waals surface area contributed by atoms with E-state index in [1.807, 2.05) is 0 Å². The van der Waals surface area contributed by atoms with Gasteiger partial charge in [0.05, 0.1) is 5.56 Å². The van der Waals surface area contributed by atoms with E-state index < -0.39 is 34.1 Å². The molecule has 0 saturated heterocycles. The molecule has 0 heterocycles. The largest absolute Gasteiger partial charge is 0.448 e. The lowest BCUT2D eigenvalue weighted by Gasteiger charge is -2.19. The van der Waals surface area contributed by atoms with E-state index in [1.54, 1.807) is 0 Å². The van der Waals surface area contributed by atoms with Gasteiger partial charge in [0.1, 0.15) is 5.75 Å². The Kier molecular flexibility index (Phi) is 5.81. The van der Waals surface area contributed by atoms with Crippen molar-refractivity contribution in [3.05, 3.63) is 32.7 Å². The molecular weight excluding hydrogens is 449 g/mol. The zero-order valence-corrected chi connectivity index (χ0v) is 13.9. The van der Waals surface area contributed by atoms with Gasteiger partial charge in [-0.2, -0.15) is 21.6 Å². The fraction of sp³-hybridized carbons (Fsp3) is 0.300. The number of halogens is 5. The smallest absolute Gasteiger partial charge is 0.426 e. The van der Waals surface area contributed by atoms with Gasteiger partial charge in [-0.1, -0.05) is 15.9 Å². The quantitative estimate of drug-likeness (QED) is 0.557. The van der Waals surface area contributed by atoms with Crippen LogP contribution in [0.25, 0.3) is 0 Å². The molecule has 0 spiro atoms. The lowest BCUT2D eigenvalue weighted by atomic mass is 10.2. The summed E-state index contributed by atoms with van der Waals surface area (Å²) in [5.74, 6) is -3.14. The second kappa shape index (κ2) is 6.63. The van der Waals surface area contributed by atoms with Crippen LogP contribution in [0, 0.1) is 0 Å². The summed E-state index contributed by atoms with van der Waals surface area (Å²) >= 11 is 6.06. The molecular formula is C10H7Br2F3O5S. The fourth-order valence-corrected chi connectivity index (χ4v) is 3.08. The molecule has 0 aromatic heterocycles. The maximum absolute atomic E-state index is 12.6. The normalized spacial score (nSPS) is 13.8. The number of esters is 1. The van der Waals surface area contributed by atoms with Crippen molar-refractivity contribution < 1.29 is 35.7 Å². The second-order valence-electron chi connectivity index (χ2n) is 3.81. The van der Waals surface area contributed by atoms with Crippen LogP contribution in [0.1, 0.15) is 10.4 Å². The Balaban J connectivity index is 3.01. The van der Waals surface area contributed by atoms with Gasteiger partial charge in [0.15, 0.2) is 0 Å². The van der Waals surface area contributed by atoms with E-state index in [0.717, 1.165) is 0 Å². The molecule has 1 aromatic carbocycles. The molecule has 0 amide bonds. The van der Waals surface area contributed by atoms with Gasteiger partial charge in [-0.3, -0.25) is 4.55 Å². The summed E-state index contributed by atoms with van der Waals surface area (Å²) in [5.41, 5.74) is -0.220. The van der Waals surface area contributed by atoms with Crippen molar-refractivity contribution in [3.63, 3.8) is 0 Å². The van der Waals surface area contributed by atoms with Crippen molar-refractivity contribution in [1.29, 1.82) is 0 Å². The number of ether oxygens (including phenoxy) is 1. The van der Waals surface area contributed by atoms with Crippen molar-refractivity contribution in [2.75, 3.05) is 5.75 Å². The van der Waals surface area contributed by atoms with Gasteiger partial charge in [-0.25, -0.2) is 4.79 Å². The van der Waals surface area contributed by atoms with Crippen LogP contribution < -0.4 is 0 Å². The topological polar surface area (TPSA) is 80.7 Å². The van der Waals surface area contributed by atoms with Crippen LogP contribution in [0.5, 0.6) is 0 Å². The average Bonchev–Trinajstić information content (AvgIpc) is 2.24. The third-order valence-corrected chi connectivity index (χ3v) is 4.00. The predicted octanol–water partition coefficient (Wildman–Crippen LogP) is 3.19. The highest BCUT2D eigenvalue weighted by molar-refractivity contribution is 9.11. The number of benzene rings is 1. The highest BCUT2D eigenvalue weighted by atomic mass is 79.9. The van der Waals surface area contributed by atoms with Crippen molar-refractivity contribution >= 4 is 47.9 Å². The SMILES string of the molecule is O=C(OC(CS(=O)(=O)O)C(F)(F)F)c1ccc(Br)cc1Br. The molecule has 118 valence electrons. The summed E-state index contributed by atoms with van der Waals surface area (Å²) in [6, 6.07) is 3.99. The van der Waals surface area contributed by atoms with Gasteiger partial charge in [-0.05, 0) is 34.1 Å². The van der Waals surface area contributed by atoms with E-state index in [1.165, 1.54) is 18.2 Å². The predicted molar refractivity (Wildman–Crippen MR) is 73.5 cm³/mol. The van der Waals surface area contributed by atoms with Crippen LogP contribution in [0.15, 0.2) is 27.1 Å². The van der Waals surface area contributed by atoms with Gasteiger partial charge < -0.3 is 4.74 Å². The highest BCUT2D eigenvalue weighted by Gasteiger charge is 2.45. The third-order valence-electron chi connectivity index (χ3n) is 2.13. The van der Waals surface area contributed by atoms with Crippen molar-refractivity contribution in [3.8, 4) is 0 Å². The Morgan fingerprint density at radius 1 is 1.33 bits per heavy atom. The summed E-state index contributed by atoms with van der Waals surface area (Å²) < 4.78 is 72.4. The minimum atomic E-state index is -5.13. The number of hydrogen-bond acceptors (Lipinski definition) is 4. The molecule has 11 heteroatoms. The number of hydrogen-bond donors (Lipinski definition) is 1. The van der Waals surface area contributed by atoms with E-state index in [2.05, 4.69) is 36.6 Å². The molecule has 0 aliphatic rings. The minimum absolute atomic E-state index is 0.162. The Morgan fingerprint density at radius 2 is 1.90 bits per heavy atom. The zero-order chi connectivity index (χ0) is 16.4. The first-order valence-corrected chi connectivity index (χ1v) is 8.27. The molecule has 0 saturated carbocycles. The Labute approximate surface area is 134 Å². The molecule has 0 bridgehead atoms. The Morgan fingerprint density at radius 3 is 2.33 bits per heavy atom. The third kappa shape index (κ3) is 5.93. The number of alkyl halides is 3. The van der Waals surface area contributed by atoms with E-state index in [9.17, 15) is 26.4 Å². The number of carbonyl (C=O) groups is 1. The van der Waals surface area contributed by atoms with E-state index in [4.69, 9.17) is 4.55 Å². The summed E-state index contributed by atoms with van der Waals surface area (Å²) in [6.45, 7) is 0. The molecule has 0 fully saturated rings. The zero-order valence-electron chi connectivity index (χ0n) is 9.89. The first kappa shape index (κ1) is 18.4. The highest BCUT2D eigenvalue weighted by Crippen LogP contribution is 2.27. The molecule has 1 unspecified atom stereocenters. The standard InChI is InChI=1S/C10H7Br2F3O5S/c11-5-1-2-6(7(12)3-5)9(16)20-8(10(13,14)15)4-21(17,18)19/h1-3,8H,4H2,(H,17,18,19). The van der Waals surface area contributed by atoms with Crippen LogP contribution in [-0.2, 0) is 14.9 Å². The fourth-order valence-electron chi connectivity index (χ4n) is 1.23. The van der Waals surface area contributed by atoms with Gasteiger partial charge in [-0.15, -0.1) is 0 Å². The molecule has 0 radical (unpaired) electrons. The summed E-state index contributed by atoms with van der Waals surface area (Å²) in [7, 11) is -4.97. The van der Waals surface area contributed by atoms with E-state index >= 15 is 0 Å². The summed E-state index contributed by atoms with van der Waals surface area (Å²) in [4.78, 5) is 11.7. The summed E-state index contributed by atoms with van der Waals surface area (Å²) in [5, 5.41) is 0. The van der Waals surface area contributed by atoms with E-state index in [0.29, 0.717) is 4.47 Å². The van der Waals surface area contributed by atoms with Crippen LogP contribution in [0.4, 0.5) is 13.2 Å². The van der Waals surface area contributed by atoms with Crippen LogP contribution in [0.3, 0.4) is 0 Å². The first-order valence-electron chi connectivity index (χ1n) is 5.08. The molecule has 1 N–H and O–H groups in total. The van der Waals surface area contributed by atoms with Crippen molar-refractivity contribution in [2.24, 2.45) is 0 Å². The molecule has 1 rings (SSSR count). The molecule has 1 aromatic rings. The van der Waals surface area contributed by atoms with Crippen LogP contribution >= 0.6 is 31.9 Å². The summed E-state index contributed by atoms with van der Waals surface area (Å²) in [6.07, 6.45) is -8.09. The maximum atomic E-state index is 12.6. The van der Waals surface area contributed by atoms with Gasteiger partial charge in [0.2, 0.25) is 6.10 Å². The van der Waals surface area contributed by atoms with Gasteiger partial charge >= 0.3 is 12.1 Å². The van der Waals surface area contributed by atoms with Crippen molar-refractivity contribution in [1.82, 2.24) is 0 Å². The van der Waals surface area contributed by atoms with Crippen molar-refractivity contribution in [2.45, 2.75) is 12.3 Å². The monoisotopic (exact) mass is 454 g/mol. The molecule has 0 aliphatic heterocycles. The van der Waals surface area contributed by atoms with E-state index in [-0.39, 0.29) is 10.0 Å². The lowest BCUT2D eigenvalue weighted by molar-refractivity contribution is -0.197. The van der Waals surface area contributed by atoms with Crippen LogP contribution in [-0.4, -0.2) is 37.0 Å². The molecule has 0 aliphatic carbocycles. The molecule has 21 heavy (non-hydrogen) atoms. The van der Waals surface area contributed by atoms with Gasteiger partial charge in [0, 0.05) is 8.95 Å². The maximum Gasteiger partial charge on any atom is 0.426 e. The molecule has 1 atom stereocenters. The average molecular weight is 456 g/mol. The molecule has 5 nitrogen and oxygen atoms in total. The number of rotatable bonds is 4. The van der Waals surface area contributed by atoms with Crippen LogP contribution in [0.2, 0.25) is 0 Å². The lowest BCUT2D eigenvalue weighted by Crippen LogP contribution is -2.39. The second-order valence-corrected chi connectivity index (χ2v) is 7.08. The minimum Gasteiger partial charge on any atom is -0.448 e. The van der Waals surface area contributed by atoms with Gasteiger partial charge in [0.25, 0.3) is 10.1 Å². The Hall–Kier alpha value is -0.650.